The molecule has 2 aromatic heterocycles. The first-order valence-corrected chi connectivity index (χ1v) is 6.49. The molecule has 0 amide bonds. The van der Waals surface area contributed by atoms with Gasteiger partial charge in [0.25, 0.3) is 0 Å². The van der Waals surface area contributed by atoms with Gasteiger partial charge in [0, 0.05) is 24.7 Å². The van der Waals surface area contributed by atoms with E-state index in [9.17, 15) is 0 Å². The Morgan fingerprint density at radius 1 is 0.800 bits per heavy atom. The van der Waals surface area contributed by atoms with Gasteiger partial charge < -0.3 is 4.74 Å². The van der Waals surface area contributed by atoms with E-state index < -0.39 is 0 Å². The van der Waals surface area contributed by atoms with E-state index in [1.54, 1.807) is 30.7 Å². The summed E-state index contributed by atoms with van der Waals surface area (Å²) in [6.07, 6.45) is 5.11. The predicted octanol–water partition coefficient (Wildman–Crippen LogP) is 4.59. The van der Waals surface area contributed by atoms with Crippen molar-refractivity contribution in [3.63, 3.8) is 0 Å². The fraction of sp³-hybridized carbons (Fsp3) is 0. The predicted molar refractivity (Wildman–Crippen MR) is 79.0 cm³/mol. The van der Waals surface area contributed by atoms with Crippen molar-refractivity contribution in [2.75, 3.05) is 0 Å². The second kappa shape index (κ2) is 5.72. The monoisotopic (exact) mass is 282 g/mol. The second-order valence-corrected chi connectivity index (χ2v) is 4.61. The van der Waals surface area contributed by atoms with E-state index in [4.69, 9.17) is 16.3 Å². The maximum Gasteiger partial charge on any atom is 0.219 e. The van der Waals surface area contributed by atoms with Gasteiger partial charge in [-0.25, -0.2) is 4.98 Å². The molecule has 2 heterocycles. The zero-order valence-electron chi connectivity index (χ0n) is 10.5. The molecular weight excluding hydrogens is 272 g/mol. The van der Waals surface area contributed by atoms with Gasteiger partial charge >= 0.3 is 0 Å². The maximum atomic E-state index is 5.78. The number of aromatic nitrogens is 2. The highest BCUT2D eigenvalue weighted by molar-refractivity contribution is 6.30. The van der Waals surface area contributed by atoms with E-state index in [2.05, 4.69) is 9.97 Å². The molecule has 20 heavy (non-hydrogen) atoms. The first kappa shape index (κ1) is 12.6. The van der Waals surface area contributed by atoms with E-state index in [1.165, 1.54) is 0 Å². The minimum absolute atomic E-state index is 0.520. The molecule has 0 spiro atoms. The third-order valence-corrected chi connectivity index (χ3v) is 3.01. The average molecular weight is 283 g/mol. The van der Waals surface area contributed by atoms with Crippen molar-refractivity contribution in [3.8, 4) is 22.8 Å². The normalized spacial score (nSPS) is 10.2. The van der Waals surface area contributed by atoms with Crippen LogP contribution in [0.3, 0.4) is 0 Å². The third-order valence-electron chi connectivity index (χ3n) is 2.79. The zero-order chi connectivity index (χ0) is 13.8. The van der Waals surface area contributed by atoms with Crippen LogP contribution in [0.25, 0.3) is 11.1 Å². The molecule has 0 atom stereocenters. The molecule has 0 aliphatic rings. The Balaban J connectivity index is 1.78. The van der Waals surface area contributed by atoms with Gasteiger partial charge in [-0.15, -0.1) is 0 Å². The number of hydrogen-bond donors (Lipinski definition) is 0. The van der Waals surface area contributed by atoms with Crippen molar-refractivity contribution >= 4 is 11.6 Å². The number of hydrogen-bond acceptors (Lipinski definition) is 3. The number of nitrogens with zero attached hydrogens (tertiary/aromatic N) is 2. The van der Waals surface area contributed by atoms with E-state index in [0.717, 1.165) is 16.9 Å². The molecular formula is C16H11ClN2O. The van der Waals surface area contributed by atoms with Gasteiger partial charge in [0.05, 0.1) is 5.02 Å². The van der Waals surface area contributed by atoms with Crippen LogP contribution in [0.4, 0.5) is 0 Å². The molecule has 3 rings (SSSR count). The molecule has 3 aromatic rings. The molecule has 0 unspecified atom stereocenters. The summed E-state index contributed by atoms with van der Waals surface area (Å²) in [5, 5.41) is 0.588. The summed E-state index contributed by atoms with van der Waals surface area (Å²) in [7, 11) is 0. The summed E-state index contributed by atoms with van der Waals surface area (Å²) in [5.41, 5.74) is 2.24. The van der Waals surface area contributed by atoms with E-state index in [1.807, 2.05) is 36.4 Å². The van der Waals surface area contributed by atoms with Crippen LogP contribution >= 0.6 is 11.6 Å². The lowest BCUT2D eigenvalue weighted by Gasteiger charge is -2.06. The molecule has 4 heteroatoms. The lowest BCUT2D eigenvalue weighted by Crippen LogP contribution is -1.87. The number of ether oxygens (including phenoxy) is 1. The van der Waals surface area contributed by atoms with E-state index >= 15 is 0 Å². The van der Waals surface area contributed by atoms with Gasteiger partial charge in [-0.3, -0.25) is 4.98 Å². The molecule has 0 N–H and O–H groups in total. The van der Waals surface area contributed by atoms with Gasteiger partial charge in [0.15, 0.2) is 0 Å². The highest BCUT2D eigenvalue weighted by Crippen LogP contribution is 2.24. The Bertz CT molecular complexity index is 682. The number of pyridine rings is 2. The molecule has 0 aliphatic carbocycles. The van der Waals surface area contributed by atoms with Crippen LogP contribution in [0.5, 0.6) is 11.6 Å². The van der Waals surface area contributed by atoms with Crippen LogP contribution in [0, 0.1) is 0 Å². The maximum absolute atomic E-state index is 5.78. The Kier molecular flexibility index (Phi) is 3.61. The number of halogens is 1. The van der Waals surface area contributed by atoms with Gasteiger partial charge in [0.2, 0.25) is 5.88 Å². The fourth-order valence-electron chi connectivity index (χ4n) is 1.80. The minimum Gasteiger partial charge on any atom is -0.439 e. The summed E-state index contributed by atoms with van der Waals surface area (Å²) in [6.45, 7) is 0. The zero-order valence-corrected chi connectivity index (χ0v) is 11.3. The largest absolute Gasteiger partial charge is 0.439 e. The second-order valence-electron chi connectivity index (χ2n) is 4.18. The lowest BCUT2D eigenvalue weighted by atomic mass is 10.1. The SMILES string of the molecule is Clc1ccc(Oc2ccc(-c3ccncc3)cc2)nc1. The van der Waals surface area contributed by atoms with Crippen LogP contribution in [0.2, 0.25) is 5.02 Å². The topological polar surface area (TPSA) is 35.0 Å². The molecule has 0 bridgehead atoms. The molecule has 0 aliphatic heterocycles. The smallest absolute Gasteiger partial charge is 0.219 e. The van der Waals surface area contributed by atoms with Crippen molar-refractivity contribution in [1.29, 1.82) is 0 Å². The van der Waals surface area contributed by atoms with Gasteiger partial charge in [-0.1, -0.05) is 23.7 Å². The summed E-state index contributed by atoms with van der Waals surface area (Å²) in [6, 6.07) is 15.2. The van der Waals surface area contributed by atoms with Gasteiger partial charge in [-0.2, -0.15) is 0 Å². The van der Waals surface area contributed by atoms with Crippen LogP contribution in [0.15, 0.2) is 67.1 Å². The molecule has 0 saturated carbocycles. The van der Waals surface area contributed by atoms with E-state index in [0.29, 0.717) is 10.9 Å². The van der Waals surface area contributed by atoms with Crippen molar-refractivity contribution in [2.45, 2.75) is 0 Å². The summed E-state index contributed by atoms with van der Waals surface area (Å²) >= 11 is 5.78. The Morgan fingerprint density at radius 3 is 2.15 bits per heavy atom. The fourth-order valence-corrected chi connectivity index (χ4v) is 1.91. The van der Waals surface area contributed by atoms with Crippen molar-refractivity contribution in [2.24, 2.45) is 0 Å². The standard InChI is InChI=1S/C16H11ClN2O/c17-14-3-6-16(19-11-14)20-15-4-1-12(2-5-15)13-7-9-18-10-8-13/h1-11H. The third kappa shape index (κ3) is 2.95. The van der Waals surface area contributed by atoms with Crippen LogP contribution < -0.4 is 4.74 Å². The van der Waals surface area contributed by atoms with Crippen LogP contribution in [0.1, 0.15) is 0 Å². The minimum atomic E-state index is 0.520. The van der Waals surface area contributed by atoms with Crippen molar-refractivity contribution < 1.29 is 4.74 Å². The summed E-state index contributed by atoms with van der Waals surface area (Å²) < 4.78 is 5.64. The number of rotatable bonds is 3. The highest BCUT2D eigenvalue weighted by Gasteiger charge is 2.00. The Morgan fingerprint density at radius 2 is 1.50 bits per heavy atom. The van der Waals surface area contributed by atoms with Gasteiger partial charge in [0.1, 0.15) is 5.75 Å². The number of benzene rings is 1. The molecule has 3 nitrogen and oxygen atoms in total. The van der Waals surface area contributed by atoms with E-state index in [-0.39, 0.29) is 0 Å². The first-order chi connectivity index (χ1) is 9.81. The first-order valence-electron chi connectivity index (χ1n) is 6.11. The highest BCUT2D eigenvalue weighted by atomic mass is 35.5. The molecule has 98 valence electrons. The van der Waals surface area contributed by atoms with Crippen molar-refractivity contribution in [1.82, 2.24) is 9.97 Å². The van der Waals surface area contributed by atoms with Crippen molar-refractivity contribution in [3.05, 3.63) is 72.1 Å². The molecule has 0 fully saturated rings. The quantitative estimate of drug-likeness (QED) is 0.705. The molecule has 0 saturated heterocycles. The summed E-state index contributed by atoms with van der Waals surface area (Å²) in [4.78, 5) is 8.10. The molecule has 0 radical (unpaired) electrons. The summed E-state index contributed by atoms with van der Waals surface area (Å²) in [5.74, 6) is 1.25. The van der Waals surface area contributed by atoms with Crippen LogP contribution in [-0.2, 0) is 0 Å². The molecule has 1 aromatic carbocycles. The Labute approximate surface area is 121 Å². The lowest BCUT2D eigenvalue weighted by molar-refractivity contribution is 0.463. The van der Waals surface area contributed by atoms with Gasteiger partial charge in [-0.05, 0) is 41.5 Å². The Hall–Kier alpha value is -2.39. The van der Waals surface area contributed by atoms with Crippen LogP contribution in [-0.4, -0.2) is 9.97 Å². The average Bonchev–Trinajstić information content (AvgIpc) is 2.51.